The van der Waals surface area contributed by atoms with E-state index in [1.807, 2.05) is 6.08 Å². The Kier molecular flexibility index (Phi) is 4.35. The van der Waals surface area contributed by atoms with Gasteiger partial charge in [-0.1, -0.05) is 37.3 Å². The molecule has 1 aliphatic heterocycles. The van der Waals surface area contributed by atoms with Gasteiger partial charge in [0.25, 0.3) is 0 Å². The molecule has 0 aliphatic carbocycles. The van der Waals surface area contributed by atoms with E-state index in [0.29, 0.717) is 5.92 Å². The van der Waals surface area contributed by atoms with E-state index in [1.165, 1.54) is 5.56 Å². The summed E-state index contributed by atoms with van der Waals surface area (Å²) in [4.78, 5) is 0. The van der Waals surface area contributed by atoms with Gasteiger partial charge >= 0.3 is 0 Å². The van der Waals surface area contributed by atoms with Crippen LogP contribution < -0.4 is 0 Å². The molecule has 0 radical (unpaired) electrons. The average molecular weight is 232 g/mol. The third-order valence-corrected chi connectivity index (χ3v) is 2.95. The molecule has 0 aromatic heterocycles. The molecule has 1 aliphatic rings. The second-order valence-corrected chi connectivity index (χ2v) is 4.67. The van der Waals surface area contributed by atoms with Crippen molar-refractivity contribution < 1.29 is 9.47 Å². The number of rotatable bonds is 4. The van der Waals surface area contributed by atoms with E-state index in [0.717, 1.165) is 31.6 Å². The molecule has 2 heteroatoms. The van der Waals surface area contributed by atoms with Crippen LogP contribution in [-0.4, -0.2) is 13.2 Å². The van der Waals surface area contributed by atoms with Gasteiger partial charge in [-0.3, -0.25) is 0 Å². The highest BCUT2D eigenvalue weighted by Gasteiger charge is 2.20. The third-order valence-electron chi connectivity index (χ3n) is 2.95. The average Bonchev–Trinajstić information content (AvgIpc) is 2.38. The van der Waals surface area contributed by atoms with Crippen LogP contribution >= 0.6 is 0 Å². The van der Waals surface area contributed by atoms with E-state index in [9.17, 15) is 0 Å². The summed E-state index contributed by atoms with van der Waals surface area (Å²) in [5, 5.41) is 0. The Balaban J connectivity index is 1.95. The SMILES string of the molecule is C=CCCc1ccc(C2OCC(C)CO2)cc1. The molecule has 92 valence electrons. The summed E-state index contributed by atoms with van der Waals surface area (Å²) in [5.41, 5.74) is 2.44. The molecule has 0 unspecified atom stereocenters. The molecule has 2 rings (SSSR count). The number of hydrogen-bond acceptors (Lipinski definition) is 2. The predicted octanol–water partition coefficient (Wildman–Crippen LogP) is 3.49. The molecule has 1 aromatic rings. The fourth-order valence-electron chi connectivity index (χ4n) is 1.90. The normalized spacial score (nSPS) is 24.5. The third kappa shape index (κ3) is 3.42. The smallest absolute Gasteiger partial charge is 0.183 e. The number of ether oxygens (including phenoxy) is 2. The van der Waals surface area contributed by atoms with Crippen LogP contribution in [0.15, 0.2) is 36.9 Å². The summed E-state index contributed by atoms with van der Waals surface area (Å²) < 4.78 is 11.3. The van der Waals surface area contributed by atoms with Gasteiger partial charge in [-0.2, -0.15) is 0 Å². The standard InChI is InChI=1S/C15H20O2/c1-3-4-5-13-6-8-14(9-7-13)15-16-10-12(2)11-17-15/h3,6-9,12,15H,1,4-5,10-11H2,2H3. The quantitative estimate of drug-likeness (QED) is 0.740. The topological polar surface area (TPSA) is 18.5 Å². The Morgan fingerprint density at radius 1 is 1.24 bits per heavy atom. The zero-order chi connectivity index (χ0) is 12.1. The maximum absolute atomic E-state index is 5.66. The Labute approximate surface area is 103 Å². The van der Waals surface area contributed by atoms with E-state index >= 15 is 0 Å². The molecule has 0 spiro atoms. The van der Waals surface area contributed by atoms with E-state index in [2.05, 4.69) is 37.8 Å². The number of hydrogen-bond donors (Lipinski definition) is 0. The first-order valence-electron chi connectivity index (χ1n) is 6.22. The first-order valence-corrected chi connectivity index (χ1v) is 6.22. The van der Waals surface area contributed by atoms with Crippen LogP contribution in [0.3, 0.4) is 0 Å². The van der Waals surface area contributed by atoms with E-state index in [-0.39, 0.29) is 6.29 Å². The number of allylic oxidation sites excluding steroid dienone is 1. The maximum Gasteiger partial charge on any atom is 0.183 e. The van der Waals surface area contributed by atoms with Crippen molar-refractivity contribution in [3.05, 3.63) is 48.0 Å². The van der Waals surface area contributed by atoms with Crippen molar-refractivity contribution in [1.29, 1.82) is 0 Å². The number of aryl methyl sites for hydroxylation is 1. The van der Waals surface area contributed by atoms with Crippen LogP contribution in [0.2, 0.25) is 0 Å². The van der Waals surface area contributed by atoms with Crippen molar-refractivity contribution >= 4 is 0 Å². The second-order valence-electron chi connectivity index (χ2n) is 4.67. The Hall–Kier alpha value is -1.12. The zero-order valence-electron chi connectivity index (χ0n) is 10.4. The first-order chi connectivity index (χ1) is 8.29. The molecule has 0 amide bonds. The van der Waals surface area contributed by atoms with Crippen molar-refractivity contribution in [3.8, 4) is 0 Å². The van der Waals surface area contributed by atoms with E-state index in [1.54, 1.807) is 0 Å². The second kappa shape index (κ2) is 5.99. The van der Waals surface area contributed by atoms with Gasteiger partial charge in [0.2, 0.25) is 0 Å². The van der Waals surface area contributed by atoms with Gasteiger partial charge in [0, 0.05) is 11.5 Å². The summed E-state index contributed by atoms with van der Waals surface area (Å²) in [5.74, 6) is 0.498. The first kappa shape index (κ1) is 12.3. The summed E-state index contributed by atoms with van der Waals surface area (Å²) >= 11 is 0. The fraction of sp³-hybridized carbons (Fsp3) is 0.467. The van der Waals surface area contributed by atoms with E-state index in [4.69, 9.17) is 9.47 Å². The van der Waals surface area contributed by atoms with Crippen LogP contribution in [0.25, 0.3) is 0 Å². The van der Waals surface area contributed by atoms with Crippen molar-refractivity contribution in [2.24, 2.45) is 5.92 Å². The van der Waals surface area contributed by atoms with Crippen LogP contribution in [0.1, 0.15) is 30.8 Å². The molecule has 1 heterocycles. The van der Waals surface area contributed by atoms with Crippen LogP contribution in [0.4, 0.5) is 0 Å². The monoisotopic (exact) mass is 232 g/mol. The lowest BCUT2D eigenvalue weighted by atomic mass is 10.1. The van der Waals surface area contributed by atoms with Gasteiger partial charge in [-0.05, 0) is 18.4 Å². The van der Waals surface area contributed by atoms with Gasteiger partial charge in [-0.25, -0.2) is 0 Å². The minimum Gasteiger partial charge on any atom is -0.348 e. The van der Waals surface area contributed by atoms with Crippen LogP contribution in [0, 0.1) is 5.92 Å². The van der Waals surface area contributed by atoms with Gasteiger partial charge in [0.1, 0.15) is 0 Å². The molecular formula is C15H20O2. The van der Waals surface area contributed by atoms with Crippen LogP contribution in [0.5, 0.6) is 0 Å². The lowest BCUT2D eigenvalue weighted by Crippen LogP contribution is -2.24. The van der Waals surface area contributed by atoms with Gasteiger partial charge in [0.05, 0.1) is 13.2 Å². The van der Waals surface area contributed by atoms with Crippen molar-refractivity contribution in [3.63, 3.8) is 0 Å². The molecule has 2 nitrogen and oxygen atoms in total. The number of benzene rings is 1. The molecule has 17 heavy (non-hydrogen) atoms. The summed E-state index contributed by atoms with van der Waals surface area (Å²) in [6, 6.07) is 8.48. The molecule has 0 atom stereocenters. The van der Waals surface area contributed by atoms with Crippen molar-refractivity contribution in [2.75, 3.05) is 13.2 Å². The summed E-state index contributed by atoms with van der Waals surface area (Å²) in [7, 11) is 0. The maximum atomic E-state index is 5.66. The summed E-state index contributed by atoms with van der Waals surface area (Å²) in [6.45, 7) is 7.43. The molecule has 1 aromatic carbocycles. The lowest BCUT2D eigenvalue weighted by Gasteiger charge is -2.27. The Bertz CT molecular complexity index is 348. The molecule has 1 saturated heterocycles. The van der Waals surface area contributed by atoms with Crippen LogP contribution in [-0.2, 0) is 15.9 Å². The highest BCUT2D eigenvalue weighted by atomic mass is 16.7. The minimum absolute atomic E-state index is 0.181. The lowest BCUT2D eigenvalue weighted by molar-refractivity contribution is -0.202. The Morgan fingerprint density at radius 2 is 1.88 bits per heavy atom. The largest absolute Gasteiger partial charge is 0.348 e. The van der Waals surface area contributed by atoms with Crippen molar-refractivity contribution in [1.82, 2.24) is 0 Å². The molecule has 0 saturated carbocycles. The molecule has 1 fully saturated rings. The molecule has 0 N–H and O–H groups in total. The van der Waals surface area contributed by atoms with E-state index < -0.39 is 0 Å². The minimum atomic E-state index is -0.181. The van der Waals surface area contributed by atoms with Gasteiger partial charge in [-0.15, -0.1) is 6.58 Å². The zero-order valence-corrected chi connectivity index (χ0v) is 10.4. The van der Waals surface area contributed by atoms with Crippen molar-refractivity contribution in [2.45, 2.75) is 26.1 Å². The molecule has 0 bridgehead atoms. The molecular weight excluding hydrogens is 212 g/mol. The predicted molar refractivity (Wildman–Crippen MR) is 68.8 cm³/mol. The Morgan fingerprint density at radius 3 is 2.47 bits per heavy atom. The summed E-state index contributed by atoms with van der Waals surface area (Å²) in [6.07, 6.45) is 3.84. The van der Waals surface area contributed by atoms with Gasteiger partial charge < -0.3 is 9.47 Å². The fourth-order valence-corrected chi connectivity index (χ4v) is 1.90. The highest BCUT2D eigenvalue weighted by Crippen LogP contribution is 2.25. The van der Waals surface area contributed by atoms with Gasteiger partial charge in [0.15, 0.2) is 6.29 Å². The highest BCUT2D eigenvalue weighted by molar-refractivity contribution is 5.23.